The summed E-state index contributed by atoms with van der Waals surface area (Å²) in [7, 11) is 5.45. The van der Waals surface area contributed by atoms with Crippen LogP contribution in [0.4, 0.5) is 0 Å². The molecule has 0 N–H and O–H groups in total. The summed E-state index contributed by atoms with van der Waals surface area (Å²) >= 11 is 12.1. The molecule has 0 heterocycles. The molecule has 0 aliphatic heterocycles. The Labute approximate surface area is 106 Å². The van der Waals surface area contributed by atoms with Gasteiger partial charge >= 0.3 is 0 Å². The molecule has 2 nitrogen and oxygen atoms in total. The van der Waals surface area contributed by atoms with E-state index in [0.717, 1.165) is 5.56 Å². The Morgan fingerprint density at radius 1 is 1.38 bits per heavy atom. The van der Waals surface area contributed by atoms with E-state index >= 15 is 0 Å². The highest BCUT2D eigenvalue weighted by Crippen LogP contribution is 2.29. The summed E-state index contributed by atoms with van der Waals surface area (Å²) in [5.74, 6) is 0.645. The maximum absolute atomic E-state index is 6.12. The summed E-state index contributed by atoms with van der Waals surface area (Å²) in [5, 5.41) is 1.19. The van der Waals surface area contributed by atoms with E-state index < -0.39 is 0 Å². The molecule has 0 bridgehead atoms. The molecular weight excluding hydrogens is 245 g/mol. The van der Waals surface area contributed by atoms with Gasteiger partial charge in [0.2, 0.25) is 0 Å². The van der Waals surface area contributed by atoms with E-state index in [-0.39, 0.29) is 0 Å². The predicted molar refractivity (Wildman–Crippen MR) is 70.0 cm³/mol. The fourth-order valence-electron chi connectivity index (χ4n) is 1.13. The molecule has 0 unspecified atom stereocenters. The van der Waals surface area contributed by atoms with Gasteiger partial charge in [-0.15, -0.1) is 0 Å². The van der Waals surface area contributed by atoms with Crippen LogP contribution in [0.2, 0.25) is 5.02 Å². The van der Waals surface area contributed by atoms with E-state index in [4.69, 9.17) is 27.9 Å². The van der Waals surface area contributed by atoms with Crippen LogP contribution in [0.3, 0.4) is 0 Å². The number of nitrogens with zero attached hydrogens (tertiary/aromatic N) is 1. The maximum atomic E-state index is 6.12. The van der Waals surface area contributed by atoms with Gasteiger partial charge in [-0.25, -0.2) is 4.58 Å². The molecule has 1 aromatic rings. The van der Waals surface area contributed by atoms with E-state index in [0.29, 0.717) is 15.8 Å². The monoisotopic (exact) mass is 258 g/mol. The molecule has 4 heteroatoms. The van der Waals surface area contributed by atoms with Crippen LogP contribution in [-0.2, 0) is 0 Å². The molecule has 1 aromatic carbocycles. The molecule has 0 atom stereocenters. The van der Waals surface area contributed by atoms with Crippen molar-refractivity contribution < 1.29 is 9.31 Å². The molecule has 0 aliphatic rings. The van der Waals surface area contributed by atoms with Gasteiger partial charge in [-0.1, -0.05) is 23.2 Å². The zero-order chi connectivity index (χ0) is 12.1. The molecule has 0 fully saturated rings. The number of rotatable bonds is 3. The van der Waals surface area contributed by atoms with Crippen molar-refractivity contribution in [3.8, 4) is 5.75 Å². The smallest absolute Gasteiger partial charge is 0.164 e. The van der Waals surface area contributed by atoms with Crippen molar-refractivity contribution in [3.05, 3.63) is 34.9 Å². The summed E-state index contributed by atoms with van der Waals surface area (Å²) in [4.78, 5) is 0. The standard InChI is InChI=1S/C12H14Cl2NO/c1-15(2)7-6-10(13)9-4-5-12(16-3)11(14)8-9/h4-8H,1-3H3/q+1/b10-6-. The molecule has 0 saturated heterocycles. The quantitative estimate of drug-likeness (QED) is 0.599. The van der Waals surface area contributed by atoms with Gasteiger partial charge in [0.1, 0.15) is 19.8 Å². The maximum Gasteiger partial charge on any atom is 0.164 e. The number of benzene rings is 1. The molecule has 0 aliphatic carbocycles. The first-order valence-electron chi connectivity index (χ1n) is 4.75. The van der Waals surface area contributed by atoms with Crippen LogP contribution in [-0.4, -0.2) is 32.0 Å². The molecule has 0 amide bonds. The van der Waals surface area contributed by atoms with Gasteiger partial charge < -0.3 is 4.74 Å². The van der Waals surface area contributed by atoms with Crippen LogP contribution in [0.25, 0.3) is 5.03 Å². The third-order valence-corrected chi connectivity index (χ3v) is 2.59. The lowest BCUT2D eigenvalue weighted by Crippen LogP contribution is -1.95. The molecule has 86 valence electrons. The second-order valence-corrected chi connectivity index (χ2v) is 4.29. The zero-order valence-corrected chi connectivity index (χ0v) is 11.0. The Bertz CT molecular complexity index is 435. The Kier molecular flexibility index (Phi) is 4.84. The number of hydrogen-bond acceptors (Lipinski definition) is 1. The SMILES string of the molecule is COc1ccc(/C(Cl)=C/C=[N+](C)C)cc1Cl. The number of allylic oxidation sites excluding steroid dienone is 1. The molecule has 0 aromatic heterocycles. The van der Waals surface area contributed by atoms with Crippen molar-refractivity contribution in [1.82, 2.24) is 0 Å². The fourth-order valence-corrected chi connectivity index (χ4v) is 1.56. The lowest BCUT2D eigenvalue weighted by molar-refractivity contribution is -0.458. The van der Waals surface area contributed by atoms with Crippen molar-refractivity contribution >= 4 is 34.4 Å². The third-order valence-electron chi connectivity index (χ3n) is 1.95. The van der Waals surface area contributed by atoms with Gasteiger partial charge in [-0.2, -0.15) is 0 Å². The number of methoxy groups -OCH3 is 1. The highest BCUT2D eigenvalue weighted by atomic mass is 35.5. The third kappa shape index (κ3) is 3.54. The summed E-state index contributed by atoms with van der Waals surface area (Å²) in [6.07, 6.45) is 3.69. The largest absolute Gasteiger partial charge is 0.495 e. The van der Waals surface area contributed by atoms with Gasteiger partial charge in [-0.3, -0.25) is 0 Å². The number of ether oxygens (including phenoxy) is 1. The first-order chi connectivity index (χ1) is 7.54. The minimum atomic E-state index is 0.552. The minimum absolute atomic E-state index is 0.552. The highest BCUT2D eigenvalue weighted by molar-refractivity contribution is 6.50. The Balaban J connectivity index is 3.02. The summed E-state index contributed by atoms with van der Waals surface area (Å²) in [6, 6.07) is 5.44. The summed E-state index contributed by atoms with van der Waals surface area (Å²) in [5.41, 5.74) is 0.866. The van der Waals surface area contributed by atoms with Gasteiger partial charge in [-0.05, 0) is 23.8 Å². The van der Waals surface area contributed by atoms with E-state index in [2.05, 4.69) is 0 Å². The van der Waals surface area contributed by atoms with Gasteiger partial charge in [0.15, 0.2) is 6.21 Å². The molecule has 0 radical (unpaired) electrons. The van der Waals surface area contributed by atoms with Gasteiger partial charge in [0.05, 0.1) is 17.2 Å². The lowest BCUT2D eigenvalue weighted by Gasteiger charge is -2.04. The van der Waals surface area contributed by atoms with E-state index in [1.807, 2.05) is 37.0 Å². The number of hydrogen-bond donors (Lipinski definition) is 0. The highest BCUT2D eigenvalue weighted by Gasteiger charge is 2.04. The first-order valence-corrected chi connectivity index (χ1v) is 5.51. The fraction of sp³-hybridized carbons (Fsp3) is 0.250. The second kappa shape index (κ2) is 5.92. The average molecular weight is 259 g/mol. The average Bonchev–Trinajstić information content (AvgIpc) is 2.25. The Hall–Kier alpha value is -0.990. The van der Waals surface area contributed by atoms with Crippen LogP contribution in [0.15, 0.2) is 24.3 Å². The molecule has 0 saturated carbocycles. The van der Waals surface area contributed by atoms with Crippen molar-refractivity contribution in [2.24, 2.45) is 0 Å². The van der Waals surface area contributed by atoms with Crippen molar-refractivity contribution in [1.29, 1.82) is 0 Å². The Morgan fingerprint density at radius 2 is 2.06 bits per heavy atom. The van der Waals surface area contributed by atoms with E-state index in [9.17, 15) is 0 Å². The first kappa shape index (κ1) is 13.1. The predicted octanol–water partition coefficient (Wildman–Crippen LogP) is 3.27. The second-order valence-electron chi connectivity index (χ2n) is 3.48. The molecule has 1 rings (SSSR count). The molecular formula is C12H14Cl2NO+. The Morgan fingerprint density at radius 3 is 2.56 bits per heavy atom. The topological polar surface area (TPSA) is 12.2 Å². The van der Waals surface area contributed by atoms with Gasteiger partial charge in [0, 0.05) is 6.08 Å². The normalized spacial score (nSPS) is 11.2. The van der Waals surface area contributed by atoms with Crippen molar-refractivity contribution in [3.63, 3.8) is 0 Å². The molecule has 16 heavy (non-hydrogen) atoms. The van der Waals surface area contributed by atoms with Crippen LogP contribution >= 0.6 is 23.2 Å². The van der Waals surface area contributed by atoms with Crippen LogP contribution in [0.1, 0.15) is 5.56 Å². The van der Waals surface area contributed by atoms with Crippen LogP contribution < -0.4 is 4.74 Å². The minimum Gasteiger partial charge on any atom is -0.495 e. The summed E-state index contributed by atoms with van der Waals surface area (Å²) in [6.45, 7) is 0. The van der Waals surface area contributed by atoms with Gasteiger partial charge in [0.25, 0.3) is 0 Å². The summed E-state index contributed by atoms with van der Waals surface area (Å²) < 4.78 is 6.98. The van der Waals surface area contributed by atoms with E-state index in [1.54, 1.807) is 19.2 Å². The zero-order valence-electron chi connectivity index (χ0n) is 9.50. The van der Waals surface area contributed by atoms with E-state index in [1.165, 1.54) is 0 Å². The lowest BCUT2D eigenvalue weighted by atomic mass is 10.2. The van der Waals surface area contributed by atoms with Crippen LogP contribution in [0.5, 0.6) is 5.75 Å². The number of halogens is 2. The molecule has 0 spiro atoms. The van der Waals surface area contributed by atoms with Crippen LogP contribution in [0, 0.1) is 0 Å². The van der Waals surface area contributed by atoms with Crippen molar-refractivity contribution in [2.45, 2.75) is 0 Å². The van der Waals surface area contributed by atoms with Crippen molar-refractivity contribution in [2.75, 3.05) is 21.2 Å².